The Labute approximate surface area is 237 Å². The van der Waals surface area contributed by atoms with Gasteiger partial charge in [-0.2, -0.15) is 0 Å². The van der Waals surface area contributed by atoms with Crippen LogP contribution in [-0.2, 0) is 14.2 Å². The summed E-state index contributed by atoms with van der Waals surface area (Å²) in [7, 11) is 0. The molecule has 0 fully saturated rings. The number of carbonyl (C=O) groups excluding carboxylic acids is 3. The highest BCUT2D eigenvalue weighted by Gasteiger charge is 2.26. The molecule has 6 heteroatoms. The minimum atomic E-state index is -0.595. The number of esters is 3. The monoisotopic (exact) mass is 546 g/mol. The van der Waals surface area contributed by atoms with Gasteiger partial charge in [-0.15, -0.1) is 0 Å². The van der Waals surface area contributed by atoms with Gasteiger partial charge in [0.1, 0.15) is 18.3 Å². The van der Waals surface area contributed by atoms with Crippen LogP contribution >= 0.6 is 0 Å². The fraction of sp³-hybridized carbons (Fsp3) is 0.727. The lowest BCUT2D eigenvalue weighted by molar-refractivity contribution is 0.0204. The van der Waals surface area contributed by atoms with Crippen LogP contribution in [0.4, 0.5) is 0 Å². The third-order valence-electron chi connectivity index (χ3n) is 6.99. The summed E-state index contributed by atoms with van der Waals surface area (Å²) in [5.74, 6) is -1.63. The lowest BCUT2D eigenvalue weighted by Gasteiger charge is -2.21. The number of hydrogen-bond donors (Lipinski definition) is 0. The van der Waals surface area contributed by atoms with Crippen molar-refractivity contribution >= 4 is 17.9 Å². The summed E-state index contributed by atoms with van der Waals surface area (Å²) in [5.41, 5.74) is 0.446. The van der Waals surface area contributed by atoms with E-state index in [0.717, 1.165) is 96.3 Å². The Morgan fingerprint density at radius 2 is 0.897 bits per heavy atom. The van der Waals surface area contributed by atoms with E-state index in [1.807, 2.05) is 0 Å². The highest BCUT2D eigenvalue weighted by molar-refractivity contribution is 6.05. The zero-order valence-electron chi connectivity index (χ0n) is 25.5. The Morgan fingerprint density at radius 3 is 1.28 bits per heavy atom. The zero-order valence-corrected chi connectivity index (χ0v) is 25.5. The standard InChI is InChI=1S/C33H54O6/c1-7-13-19-26(16-10-4)37-31(34)25-22-23-29(32(35)38-27(17-11-5)20-14-8-2)30(24-25)33(36)39-28(18-12-6)21-15-9-3/h22-24,26-28H,7-21H2,1-6H3. The third kappa shape index (κ3) is 13.0. The van der Waals surface area contributed by atoms with E-state index in [1.54, 1.807) is 6.07 Å². The van der Waals surface area contributed by atoms with Gasteiger partial charge in [-0.1, -0.05) is 99.3 Å². The Hall–Kier alpha value is -2.37. The maximum absolute atomic E-state index is 13.5. The maximum atomic E-state index is 13.5. The first-order valence-electron chi connectivity index (χ1n) is 15.6. The first-order valence-corrected chi connectivity index (χ1v) is 15.6. The largest absolute Gasteiger partial charge is 0.459 e. The molecule has 0 heterocycles. The van der Waals surface area contributed by atoms with Gasteiger partial charge >= 0.3 is 17.9 Å². The SMILES string of the molecule is CCCCC(CCC)OC(=O)c1ccc(C(=O)OC(CCC)CCCC)c(C(=O)OC(CCC)CCCC)c1. The number of ether oxygens (including phenoxy) is 3. The van der Waals surface area contributed by atoms with Crippen LogP contribution in [0.2, 0.25) is 0 Å². The first-order chi connectivity index (χ1) is 18.8. The molecule has 0 aliphatic heterocycles. The molecule has 222 valence electrons. The van der Waals surface area contributed by atoms with Crippen molar-refractivity contribution in [3.63, 3.8) is 0 Å². The van der Waals surface area contributed by atoms with E-state index in [2.05, 4.69) is 41.5 Å². The third-order valence-corrected chi connectivity index (χ3v) is 6.99. The molecule has 0 aliphatic carbocycles. The molecule has 0 saturated heterocycles. The van der Waals surface area contributed by atoms with Crippen LogP contribution < -0.4 is 0 Å². The summed E-state index contributed by atoms with van der Waals surface area (Å²) in [4.78, 5) is 39.9. The van der Waals surface area contributed by atoms with Gasteiger partial charge in [0.2, 0.25) is 0 Å². The van der Waals surface area contributed by atoms with E-state index in [4.69, 9.17) is 14.2 Å². The molecule has 0 aromatic heterocycles. The van der Waals surface area contributed by atoms with Gasteiger partial charge in [-0.25, -0.2) is 14.4 Å². The van der Waals surface area contributed by atoms with E-state index in [0.29, 0.717) is 0 Å². The summed E-state index contributed by atoms with van der Waals surface area (Å²) in [6.45, 7) is 12.5. The summed E-state index contributed by atoms with van der Waals surface area (Å²) in [5, 5.41) is 0. The fourth-order valence-corrected chi connectivity index (χ4v) is 4.72. The van der Waals surface area contributed by atoms with Crippen LogP contribution in [0.5, 0.6) is 0 Å². The number of unbranched alkanes of at least 4 members (excludes halogenated alkanes) is 3. The van der Waals surface area contributed by atoms with Gasteiger partial charge in [0.15, 0.2) is 0 Å². The molecule has 0 amide bonds. The minimum absolute atomic E-state index is 0.0680. The molecule has 0 N–H and O–H groups in total. The first kappa shape index (κ1) is 34.7. The zero-order chi connectivity index (χ0) is 29.0. The highest BCUT2D eigenvalue weighted by atomic mass is 16.6. The normalized spacial score (nSPS) is 13.4. The molecule has 1 aromatic rings. The average molecular weight is 547 g/mol. The molecule has 39 heavy (non-hydrogen) atoms. The van der Waals surface area contributed by atoms with E-state index < -0.39 is 17.9 Å². The number of rotatable bonds is 21. The molecule has 0 bridgehead atoms. The van der Waals surface area contributed by atoms with Crippen LogP contribution in [0.25, 0.3) is 0 Å². The Bertz CT molecular complexity index is 849. The van der Waals surface area contributed by atoms with Gasteiger partial charge < -0.3 is 14.2 Å². The van der Waals surface area contributed by atoms with Crippen LogP contribution in [-0.4, -0.2) is 36.2 Å². The van der Waals surface area contributed by atoms with Crippen molar-refractivity contribution in [3.05, 3.63) is 34.9 Å². The molecule has 0 saturated carbocycles. The summed E-state index contributed by atoms with van der Waals surface area (Å²) in [6.07, 6.45) is 12.7. The van der Waals surface area contributed by atoms with Gasteiger partial charge in [0.25, 0.3) is 0 Å². The molecule has 0 spiro atoms. The van der Waals surface area contributed by atoms with Crippen molar-refractivity contribution in [2.75, 3.05) is 0 Å². The topological polar surface area (TPSA) is 78.9 Å². The van der Waals surface area contributed by atoms with Crippen molar-refractivity contribution in [1.82, 2.24) is 0 Å². The predicted octanol–water partition coefficient (Wildman–Crippen LogP) is 9.23. The van der Waals surface area contributed by atoms with Crippen molar-refractivity contribution in [3.8, 4) is 0 Å². The molecule has 0 aliphatic rings. The molecule has 6 nitrogen and oxygen atoms in total. The molecule has 3 atom stereocenters. The van der Waals surface area contributed by atoms with Crippen LogP contribution in [0.3, 0.4) is 0 Å². The van der Waals surface area contributed by atoms with Crippen LogP contribution in [0.1, 0.15) is 169 Å². The smallest absolute Gasteiger partial charge is 0.339 e. The Kier molecular flexibility index (Phi) is 18.2. The van der Waals surface area contributed by atoms with Crippen molar-refractivity contribution in [2.45, 2.75) is 156 Å². The minimum Gasteiger partial charge on any atom is -0.459 e. The van der Waals surface area contributed by atoms with Gasteiger partial charge in [-0.05, 0) is 56.7 Å². The summed E-state index contributed by atoms with van der Waals surface area (Å²) >= 11 is 0. The molecular weight excluding hydrogens is 492 g/mol. The van der Waals surface area contributed by atoms with Crippen molar-refractivity contribution in [1.29, 1.82) is 0 Å². The summed E-state index contributed by atoms with van der Waals surface area (Å²) in [6, 6.07) is 4.52. The van der Waals surface area contributed by atoms with Crippen molar-refractivity contribution < 1.29 is 28.6 Å². The molecular formula is C33H54O6. The quantitative estimate of drug-likeness (QED) is 0.113. The van der Waals surface area contributed by atoms with E-state index in [1.165, 1.54) is 12.1 Å². The Balaban J connectivity index is 3.32. The number of carbonyl (C=O) groups is 3. The second-order valence-corrected chi connectivity index (χ2v) is 10.6. The lowest BCUT2D eigenvalue weighted by Crippen LogP contribution is -2.24. The molecule has 3 unspecified atom stereocenters. The van der Waals surface area contributed by atoms with Gasteiger partial charge in [0.05, 0.1) is 16.7 Å². The summed E-state index contributed by atoms with van der Waals surface area (Å²) < 4.78 is 17.6. The molecule has 1 rings (SSSR count). The predicted molar refractivity (Wildman–Crippen MR) is 157 cm³/mol. The molecule has 1 aromatic carbocycles. The van der Waals surface area contributed by atoms with Gasteiger partial charge in [-0.3, -0.25) is 0 Å². The van der Waals surface area contributed by atoms with Crippen LogP contribution in [0, 0.1) is 0 Å². The van der Waals surface area contributed by atoms with E-state index in [9.17, 15) is 14.4 Å². The maximum Gasteiger partial charge on any atom is 0.339 e. The second kappa shape index (κ2) is 20.5. The lowest BCUT2D eigenvalue weighted by atomic mass is 10.0. The van der Waals surface area contributed by atoms with Gasteiger partial charge in [0, 0.05) is 0 Å². The van der Waals surface area contributed by atoms with E-state index >= 15 is 0 Å². The number of benzene rings is 1. The second-order valence-electron chi connectivity index (χ2n) is 10.6. The highest BCUT2D eigenvalue weighted by Crippen LogP contribution is 2.22. The van der Waals surface area contributed by atoms with Crippen LogP contribution in [0.15, 0.2) is 18.2 Å². The fourth-order valence-electron chi connectivity index (χ4n) is 4.72. The number of hydrogen-bond acceptors (Lipinski definition) is 6. The average Bonchev–Trinajstić information content (AvgIpc) is 2.93. The van der Waals surface area contributed by atoms with Crippen molar-refractivity contribution in [2.24, 2.45) is 0 Å². The molecule has 0 radical (unpaired) electrons. The van der Waals surface area contributed by atoms with E-state index in [-0.39, 0.29) is 35.0 Å². The Morgan fingerprint density at radius 1 is 0.513 bits per heavy atom.